The van der Waals surface area contributed by atoms with Crippen LogP contribution in [0.1, 0.15) is 15.9 Å². The highest BCUT2D eigenvalue weighted by molar-refractivity contribution is 5.95. The number of hydrogen-bond donors (Lipinski definition) is 1. The molecule has 0 saturated carbocycles. The summed E-state index contributed by atoms with van der Waals surface area (Å²) < 4.78 is 0. The summed E-state index contributed by atoms with van der Waals surface area (Å²) in [5, 5.41) is 3.29. The normalized spacial score (nSPS) is 14.0. The summed E-state index contributed by atoms with van der Waals surface area (Å²) in [5.74, 6) is 0.0353. The molecular formula is C23H24N4O. The maximum Gasteiger partial charge on any atom is 0.255 e. The van der Waals surface area contributed by atoms with Crippen LogP contribution < -0.4 is 10.2 Å². The molecule has 0 bridgehead atoms. The molecule has 2 heterocycles. The van der Waals surface area contributed by atoms with Crippen molar-refractivity contribution in [2.45, 2.75) is 6.92 Å². The van der Waals surface area contributed by atoms with Crippen molar-refractivity contribution in [2.75, 3.05) is 36.4 Å². The molecule has 142 valence electrons. The van der Waals surface area contributed by atoms with E-state index in [1.807, 2.05) is 41.3 Å². The van der Waals surface area contributed by atoms with E-state index in [9.17, 15) is 4.79 Å². The number of hydrogen-bond acceptors (Lipinski definition) is 4. The molecule has 1 aliphatic heterocycles. The molecule has 1 saturated heterocycles. The second-order valence-corrected chi connectivity index (χ2v) is 7.07. The van der Waals surface area contributed by atoms with Crippen molar-refractivity contribution in [2.24, 2.45) is 0 Å². The van der Waals surface area contributed by atoms with Gasteiger partial charge in [0.15, 0.2) is 0 Å². The zero-order valence-electron chi connectivity index (χ0n) is 16.0. The minimum Gasteiger partial charge on any atom is -0.368 e. The molecule has 28 heavy (non-hydrogen) atoms. The fourth-order valence-corrected chi connectivity index (χ4v) is 3.49. The third-order valence-corrected chi connectivity index (χ3v) is 4.98. The summed E-state index contributed by atoms with van der Waals surface area (Å²) in [5.41, 5.74) is 4.88. The van der Waals surface area contributed by atoms with E-state index in [0.717, 1.165) is 24.5 Å². The number of benzene rings is 2. The molecule has 1 fully saturated rings. The van der Waals surface area contributed by atoms with Crippen LogP contribution >= 0.6 is 0 Å². The molecule has 4 rings (SSSR count). The predicted molar refractivity (Wildman–Crippen MR) is 113 cm³/mol. The number of amides is 1. The van der Waals surface area contributed by atoms with E-state index in [0.29, 0.717) is 18.7 Å². The maximum atomic E-state index is 12.9. The van der Waals surface area contributed by atoms with Crippen LogP contribution in [-0.2, 0) is 0 Å². The van der Waals surface area contributed by atoms with E-state index in [2.05, 4.69) is 46.4 Å². The van der Waals surface area contributed by atoms with Gasteiger partial charge in [-0.15, -0.1) is 0 Å². The number of aromatic nitrogens is 1. The van der Waals surface area contributed by atoms with Crippen LogP contribution in [0.15, 0.2) is 73.1 Å². The largest absolute Gasteiger partial charge is 0.368 e. The van der Waals surface area contributed by atoms with Crippen molar-refractivity contribution < 1.29 is 4.79 Å². The molecule has 0 aliphatic carbocycles. The van der Waals surface area contributed by atoms with Gasteiger partial charge in [-0.25, -0.2) is 0 Å². The van der Waals surface area contributed by atoms with Gasteiger partial charge in [0, 0.05) is 43.8 Å². The average Bonchev–Trinajstić information content (AvgIpc) is 2.74. The highest BCUT2D eigenvalue weighted by Gasteiger charge is 2.22. The van der Waals surface area contributed by atoms with Gasteiger partial charge in [-0.2, -0.15) is 0 Å². The Labute approximate surface area is 165 Å². The van der Waals surface area contributed by atoms with Crippen LogP contribution in [0.3, 0.4) is 0 Å². The zero-order valence-corrected chi connectivity index (χ0v) is 16.0. The molecule has 5 nitrogen and oxygen atoms in total. The van der Waals surface area contributed by atoms with Crippen molar-refractivity contribution >= 4 is 23.0 Å². The number of piperazine rings is 1. The first-order valence-corrected chi connectivity index (χ1v) is 9.57. The number of nitrogens with zero attached hydrogens (tertiary/aromatic N) is 3. The van der Waals surface area contributed by atoms with E-state index < -0.39 is 0 Å². The Hall–Kier alpha value is -3.34. The number of pyridine rings is 1. The smallest absolute Gasteiger partial charge is 0.255 e. The second kappa shape index (κ2) is 8.13. The second-order valence-electron chi connectivity index (χ2n) is 7.07. The van der Waals surface area contributed by atoms with Crippen molar-refractivity contribution in [1.82, 2.24) is 9.88 Å². The van der Waals surface area contributed by atoms with Gasteiger partial charge >= 0.3 is 0 Å². The van der Waals surface area contributed by atoms with Gasteiger partial charge in [0.05, 0.1) is 17.4 Å². The Morgan fingerprint density at radius 3 is 2.43 bits per heavy atom. The van der Waals surface area contributed by atoms with E-state index in [-0.39, 0.29) is 5.91 Å². The van der Waals surface area contributed by atoms with Gasteiger partial charge < -0.3 is 15.1 Å². The van der Waals surface area contributed by atoms with Crippen LogP contribution in [0.5, 0.6) is 0 Å². The topological polar surface area (TPSA) is 48.5 Å². The molecule has 3 aromatic rings. The standard InChI is InChI=1S/C23H24N4O/c1-18-6-5-9-22(14-18)26-10-12-27(13-11-26)23(28)19-15-21(17-24-16-19)25-20-7-3-2-4-8-20/h2-9,14-17,25H,10-13H2,1H3. The van der Waals surface area contributed by atoms with Crippen molar-refractivity contribution in [3.63, 3.8) is 0 Å². The number of para-hydroxylation sites is 1. The Morgan fingerprint density at radius 2 is 1.68 bits per heavy atom. The molecule has 1 N–H and O–H groups in total. The number of anilines is 3. The first-order valence-electron chi connectivity index (χ1n) is 9.57. The molecular weight excluding hydrogens is 348 g/mol. The summed E-state index contributed by atoms with van der Waals surface area (Å²) in [6.07, 6.45) is 3.38. The van der Waals surface area contributed by atoms with Gasteiger partial charge in [-0.1, -0.05) is 30.3 Å². The molecule has 0 unspecified atom stereocenters. The molecule has 1 aliphatic rings. The fourth-order valence-electron chi connectivity index (χ4n) is 3.49. The third kappa shape index (κ3) is 4.14. The summed E-state index contributed by atoms with van der Waals surface area (Å²) in [6.45, 7) is 5.20. The molecule has 0 atom stereocenters. The quantitative estimate of drug-likeness (QED) is 0.749. The molecule has 0 radical (unpaired) electrons. The van der Waals surface area contributed by atoms with E-state index in [1.165, 1.54) is 11.3 Å². The Bertz CT molecular complexity index is 950. The van der Waals surface area contributed by atoms with Gasteiger partial charge in [0.1, 0.15) is 0 Å². The minimum atomic E-state index is 0.0353. The maximum absolute atomic E-state index is 12.9. The van der Waals surface area contributed by atoms with E-state index in [4.69, 9.17) is 0 Å². The summed E-state index contributed by atoms with van der Waals surface area (Å²) in [6, 6.07) is 20.3. The molecule has 1 amide bonds. The number of rotatable bonds is 4. The summed E-state index contributed by atoms with van der Waals surface area (Å²) >= 11 is 0. The van der Waals surface area contributed by atoms with Crippen molar-refractivity contribution in [3.05, 3.63) is 84.2 Å². The van der Waals surface area contributed by atoms with Crippen molar-refractivity contribution in [1.29, 1.82) is 0 Å². The first-order chi connectivity index (χ1) is 13.7. The van der Waals surface area contributed by atoms with Crippen LogP contribution in [0.2, 0.25) is 0 Å². The third-order valence-electron chi connectivity index (χ3n) is 4.98. The number of aryl methyl sites for hydroxylation is 1. The summed E-state index contributed by atoms with van der Waals surface area (Å²) in [7, 11) is 0. The van der Waals surface area contributed by atoms with Gasteiger partial charge in [0.25, 0.3) is 5.91 Å². The number of carbonyl (C=O) groups excluding carboxylic acids is 1. The summed E-state index contributed by atoms with van der Waals surface area (Å²) in [4.78, 5) is 21.4. The predicted octanol–water partition coefficient (Wildman–Crippen LogP) is 4.10. The molecule has 0 spiro atoms. The number of nitrogens with one attached hydrogen (secondary N) is 1. The minimum absolute atomic E-state index is 0.0353. The van der Waals surface area contributed by atoms with E-state index >= 15 is 0 Å². The lowest BCUT2D eigenvalue weighted by Crippen LogP contribution is -2.48. The van der Waals surface area contributed by atoms with Gasteiger partial charge in [0.2, 0.25) is 0 Å². The number of carbonyl (C=O) groups is 1. The zero-order chi connectivity index (χ0) is 19.3. The van der Waals surface area contributed by atoms with Crippen molar-refractivity contribution in [3.8, 4) is 0 Å². The monoisotopic (exact) mass is 372 g/mol. The molecule has 2 aromatic carbocycles. The van der Waals surface area contributed by atoms with Gasteiger partial charge in [-0.3, -0.25) is 9.78 Å². The fraction of sp³-hybridized carbons (Fsp3) is 0.217. The Balaban J connectivity index is 1.41. The van der Waals surface area contributed by atoms with Crippen LogP contribution in [0.25, 0.3) is 0 Å². The van der Waals surface area contributed by atoms with Crippen LogP contribution in [-0.4, -0.2) is 42.0 Å². The molecule has 1 aromatic heterocycles. The Morgan fingerprint density at radius 1 is 0.893 bits per heavy atom. The molecule has 5 heteroatoms. The van der Waals surface area contributed by atoms with Crippen LogP contribution in [0, 0.1) is 6.92 Å². The van der Waals surface area contributed by atoms with Gasteiger partial charge in [-0.05, 0) is 42.8 Å². The lowest BCUT2D eigenvalue weighted by Gasteiger charge is -2.36. The Kier molecular flexibility index (Phi) is 5.24. The lowest BCUT2D eigenvalue weighted by atomic mass is 10.1. The van der Waals surface area contributed by atoms with E-state index in [1.54, 1.807) is 12.4 Å². The SMILES string of the molecule is Cc1cccc(N2CCN(C(=O)c3cncc(Nc4ccccc4)c3)CC2)c1. The average molecular weight is 372 g/mol. The highest BCUT2D eigenvalue weighted by atomic mass is 16.2. The highest BCUT2D eigenvalue weighted by Crippen LogP contribution is 2.20. The lowest BCUT2D eigenvalue weighted by molar-refractivity contribution is 0.0746. The first kappa shape index (κ1) is 18.0. The van der Waals surface area contributed by atoms with Crippen LogP contribution in [0.4, 0.5) is 17.1 Å².